The van der Waals surface area contributed by atoms with Crippen molar-refractivity contribution in [2.24, 2.45) is 5.84 Å². The lowest BCUT2D eigenvalue weighted by Gasteiger charge is -2.24. The van der Waals surface area contributed by atoms with E-state index in [4.69, 9.17) is 10.6 Å². The molecular formula is C14H23N3O2S. The van der Waals surface area contributed by atoms with E-state index in [2.05, 4.69) is 30.6 Å². The molecule has 6 heteroatoms. The zero-order valence-electron chi connectivity index (χ0n) is 12.3. The van der Waals surface area contributed by atoms with E-state index in [1.165, 1.54) is 0 Å². The van der Waals surface area contributed by atoms with Gasteiger partial charge in [-0.3, -0.25) is 15.1 Å². The molecular weight excluding hydrogens is 274 g/mol. The number of rotatable bonds is 8. The second kappa shape index (κ2) is 8.84. The number of hydrazine groups is 1. The molecule has 0 radical (unpaired) electrons. The first kappa shape index (κ1) is 16.8. The predicted molar refractivity (Wildman–Crippen MR) is 84.1 cm³/mol. The Labute approximate surface area is 124 Å². The number of nitrogens with zero attached hydrogens (tertiary/aromatic N) is 1. The highest BCUT2D eigenvalue weighted by atomic mass is 32.2. The molecule has 0 aliphatic heterocycles. The number of amides is 1. The first-order valence-corrected chi connectivity index (χ1v) is 7.91. The van der Waals surface area contributed by atoms with Crippen molar-refractivity contribution in [3.8, 4) is 5.75 Å². The summed E-state index contributed by atoms with van der Waals surface area (Å²) in [4.78, 5) is 13.8. The smallest absolute Gasteiger partial charge is 0.268 e. The molecule has 20 heavy (non-hydrogen) atoms. The monoisotopic (exact) mass is 297 g/mol. The molecule has 3 N–H and O–H groups in total. The first-order chi connectivity index (χ1) is 9.60. The topological polar surface area (TPSA) is 67.6 Å². The zero-order chi connectivity index (χ0) is 15.0. The second-order valence-electron chi connectivity index (χ2n) is 4.60. The van der Waals surface area contributed by atoms with Crippen molar-refractivity contribution in [3.05, 3.63) is 29.8 Å². The lowest BCUT2D eigenvalue weighted by Crippen LogP contribution is -2.34. The van der Waals surface area contributed by atoms with Crippen LogP contribution in [-0.2, 0) is 0 Å². The second-order valence-corrected chi connectivity index (χ2v) is 5.51. The van der Waals surface area contributed by atoms with Crippen LogP contribution in [0.1, 0.15) is 17.3 Å². The molecule has 0 saturated carbocycles. The van der Waals surface area contributed by atoms with E-state index in [9.17, 15) is 4.79 Å². The van der Waals surface area contributed by atoms with Gasteiger partial charge in [-0.25, -0.2) is 5.84 Å². The number of carbonyl (C=O) groups is 1. The van der Waals surface area contributed by atoms with Crippen molar-refractivity contribution in [3.63, 3.8) is 0 Å². The van der Waals surface area contributed by atoms with Crippen LogP contribution in [0.15, 0.2) is 24.3 Å². The number of nitrogen functional groups attached to an aromatic ring is 1. The first-order valence-electron chi connectivity index (χ1n) is 6.52. The van der Waals surface area contributed by atoms with E-state index in [-0.39, 0.29) is 5.91 Å². The summed E-state index contributed by atoms with van der Waals surface area (Å²) in [5.41, 5.74) is 2.58. The van der Waals surface area contributed by atoms with Crippen LogP contribution >= 0.6 is 11.8 Å². The fourth-order valence-electron chi connectivity index (χ4n) is 1.75. The minimum atomic E-state index is -0.343. The standard InChI is InChI=1S/C14H23N3O2S/c1-11(10-20-3)17(2)8-9-19-13-7-5-4-6-12(13)14(18)16-15/h4-7,11H,8-10,15H2,1-3H3,(H,16,18). The number of likely N-dealkylation sites (N-methyl/N-ethyl adjacent to an activating group) is 1. The number of hydrogen-bond donors (Lipinski definition) is 2. The Balaban J connectivity index is 2.52. The molecule has 1 aromatic rings. The van der Waals surface area contributed by atoms with Gasteiger partial charge in [0.2, 0.25) is 0 Å². The van der Waals surface area contributed by atoms with Gasteiger partial charge in [0.1, 0.15) is 12.4 Å². The number of hydrogen-bond acceptors (Lipinski definition) is 5. The summed E-state index contributed by atoms with van der Waals surface area (Å²) in [5.74, 6) is 6.46. The Morgan fingerprint density at radius 1 is 1.50 bits per heavy atom. The minimum absolute atomic E-state index is 0.343. The Bertz CT molecular complexity index is 429. The van der Waals surface area contributed by atoms with Crippen molar-refractivity contribution >= 4 is 17.7 Å². The molecule has 1 unspecified atom stereocenters. The highest BCUT2D eigenvalue weighted by Gasteiger charge is 2.12. The van der Waals surface area contributed by atoms with Gasteiger partial charge in [-0.05, 0) is 32.4 Å². The Morgan fingerprint density at radius 3 is 2.85 bits per heavy atom. The van der Waals surface area contributed by atoms with Crippen LogP contribution in [0.25, 0.3) is 0 Å². The van der Waals surface area contributed by atoms with Crippen LogP contribution in [0.5, 0.6) is 5.75 Å². The third-order valence-corrected chi connectivity index (χ3v) is 3.94. The van der Waals surface area contributed by atoms with Crippen LogP contribution in [-0.4, -0.2) is 49.1 Å². The molecule has 5 nitrogen and oxygen atoms in total. The normalized spacial score (nSPS) is 12.2. The number of thioether (sulfide) groups is 1. The third-order valence-electron chi connectivity index (χ3n) is 3.12. The van der Waals surface area contributed by atoms with Crippen molar-refractivity contribution in [1.82, 2.24) is 10.3 Å². The van der Waals surface area contributed by atoms with E-state index in [1.54, 1.807) is 18.2 Å². The summed E-state index contributed by atoms with van der Waals surface area (Å²) in [6.07, 6.45) is 2.10. The number of nitrogens with two attached hydrogens (primary N) is 1. The number of nitrogens with one attached hydrogen (secondary N) is 1. The molecule has 0 bridgehead atoms. The van der Waals surface area contributed by atoms with Crippen molar-refractivity contribution < 1.29 is 9.53 Å². The van der Waals surface area contributed by atoms with Gasteiger partial charge in [-0.2, -0.15) is 11.8 Å². The third kappa shape index (κ3) is 5.03. The van der Waals surface area contributed by atoms with E-state index >= 15 is 0 Å². The summed E-state index contributed by atoms with van der Waals surface area (Å²) in [5, 5.41) is 0. The Morgan fingerprint density at radius 2 is 2.20 bits per heavy atom. The van der Waals surface area contributed by atoms with Crippen molar-refractivity contribution in [2.75, 3.05) is 32.2 Å². The van der Waals surface area contributed by atoms with E-state index in [1.807, 2.05) is 17.8 Å². The van der Waals surface area contributed by atoms with Gasteiger partial charge in [-0.15, -0.1) is 0 Å². The average molecular weight is 297 g/mol. The molecule has 0 aliphatic rings. The quantitative estimate of drug-likeness (QED) is 0.431. The lowest BCUT2D eigenvalue weighted by molar-refractivity contribution is 0.0948. The van der Waals surface area contributed by atoms with E-state index in [0.717, 1.165) is 12.3 Å². The summed E-state index contributed by atoms with van der Waals surface area (Å²) in [7, 11) is 2.07. The number of benzene rings is 1. The summed E-state index contributed by atoms with van der Waals surface area (Å²) < 4.78 is 5.69. The molecule has 0 heterocycles. The van der Waals surface area contributed by atoms with Crippen LogP contribution in [0, 0.1) is 0 Å². The molecule has 1 rings (SSSR count). The molecule has 0 saturated heterocycles. The Kier molecular flexibility index (Phi) is 7.43. The molecule has 1 amide bonds. The fourth-order valence-corrected chi connectivity index (χ4v) is 2.48. The molecule has 0 aliphatic carbocycles. The zero-order valence-corrected chi connectivity index (χ0v) is 13.1. The largest absolute Gasteiger partial charge is 0.491 e. The maximum atomic E-state index is 11.6. The molecule has 0 spiro atoms. The Hall–Kier alpha value is -1.24. The van der Waals surface area contributed by atoms with Gasteiger partial charge in [0.05, 0.1) is 5.56 Å². The van der Waals surface area contributed by atoms with Crippen LogP contribution in [0.2, 0.25) is 0 Å². The number of para-hydroxylation sites is 1. The number of ether oxygens (including phenoxy) is 1. The molecule has 0 aromatic heterocycles. The highest BCUT2D eigenvalue weighted by molar-refractivity contribution is 7.98. The summed E-state index contributed by atoms with van der Waals surface area (Å²) in [6, 6.07) is 7.58. The molecule has 1 aromatic carbocycles. The van der Waals surface area contributed by atoms with Crippen LogP contribution in [0.4, 0.5) is 0 Å². The predicted octanol–water partition coefficient (Wildman–Crippen LogP) is 1.35. The molecule has 112 valence electrons. The van der Waals surface area contributed by atoms with Gasteiger partial charge in [-0.1, -0.05) is 12.1 Å². The fraction of sp³-hybridized carbons (Fsp3) is 0.500. The SMILES string of the molecule is CSCC(C)N(C)CCOc1ccccc1C(=O)NN. The number of carbonyl (C=O) groups excluding carboxylic acids is 1. The minimum Gasteiger partial charge on any atom is -0.491 e. The van der Waals surface area contributed by atoms with Gasteiger partial charge in [0.25, 0.3) is 5.91 Å². The van der Waals surface area contributed by atoms with Crippen molar-refractivity contribution in [1.29, 1.82) is 0 Å². The van der Waals surface area contributed by atoms with Gasteiger partial charge in [0, 0.05) is 18.3 Å². The lowest BCUT2D eigenvalue weighted by atomic mass is 10.2. The van der Waals surface area contributed by atoms with E-state index < -0.39 is 0 Å². The van der Waals surface area contributed by atoms with Crippen molar-refractivity contribution in [2.45, 2.75) is 13.0 Å². The van der Waals surface area contributed by atoms with Gasteiger partial charge < -0.3 is 4.74 Å². The molecule has 1 atom stereocenters. The van der Waals surface area contributed by atoms with Gasteiger partial charge >= 0.3 is 0 Å². The average Bonchev–Trinajstić information content (AvgIpc) is 2.47. The van der Waals surface area contributed by atoms with Gasteiger partial charge in [0.15, 0.2) is 0 Å². The summed E-state index contributed by atoms with van der Waals surface area (Å²) in [6.45, 7) is 3.52. The highest BCUT2D eigenvalue weighted by Crippen LogP contribution is 2.17. The molecule has 0 fully saturated rings. The van der Waals surface area contributed by atoms with Crippen LogP contribution in [0.3, 0.4) is 0 Å². The van der Waals surface area contributed by atoms with Crippen LogP contribution < -0.4 is 16.0 Å². The van der Waals surface area contributed by atoms with E-state index in [0.29, 0.717) is 24.0 Å². The maximum Gasteiger partial charge on any atom is 0.268 e. The maximum absolute atomic E-state index is 11.6. The summed E-state index contributed by atoms with van der Waals surface area (Å²) >= 11 is 1.83.